The van der Waals surface area contributed by atoms with Gasteiger partial charge in [0.25, 0.3) is 0 Å². The number of rotatable bonds is 6. The van der Waals surface area contributed by atoms with Crippen LogP contribution in [0.2, 0.25) is 0 Å². The second-order valence-corrected chi connectivity index (χ2v) is 7.47. The monoisotopic (exact) mass is 380 g/mol. The number of hydrogen-bond donors (Lipinski definition) is 0. The summed E-state index contributed by atoms with van der Waals surface area (Å²) in [7, 11) is 0. The minimum absolute atomic E-state index is 0.174. The van der Waals surface area contributed by atoms with Crippen molar-refractivity contribution >= 4 is 11.9 Å². The first kappa shape index (κ1) is 20.1. The Hall–Kier alpha value is -2.62. The van der Waals surface area contributed by atoms with E-state index >= 15 is 0 Å². The van der Waals surface area contributed by atoms with Crippen molar-refractivity contribution < 1.29 is 19.1 Å². The molecular formula is C24H28O4. The summed E-state index contributed by atoms with van der Waals surface area (Å²) < 4.78 is 11.2. The van der Waals surface area contributed by atoms with Crippen molar-refractivity contribution in [2.24, 2.45) is 5.41 Å². The maximum Gasteiger partial charge on any atom is 0.323 e. The fraction of sp³-hybridized carbons (Fsp3) is 0.417. The van der Waals surface area contributed by atoms with Crippen molar-refractivity contribution in [3.63, 3.8) is 0 Å². The molecule has 0 amide bonds. The summed E-state index contributed by atoms with van der Waals surface area (Å²) in [6.45, 7) is 0.348. The molecule has 0 aliphatic heterocycles. The van der Waals surface area contributed by atoms with Gasteiger partial charge in [0.15, 0.2) is 5.41 Å². The summed E-state index contributed by atoms with van der Waals surface area (Å²) in [6.07, 6.45) is 5.86. The molecule has 1 fully saturated rings. The summed E-state index contributed by atoms with van der Waals surface area (Å²) in [6, 6.07) is 19.1. The fourth-order valence-electron chi connectivity index (χ4n) is 3.72. The van der Waals surface area contributed by atoms with Gasteiger partial charge in [0.05, 0.1) is 0 Å². The van der Waals surface area contributed by atoms with Crippen LogP contribution in [0.1, 0.15) is 56.1 Å². The number of hydrogen-bond acceptors (Lipinski definition) is 4. The Bertz CT molecular complexity index is 689. The largest absolute Gasteiger partial charge is 0.460 e. The maximum absolute atomic E-state index is 13.1. The molecule has 1 aliphatic rings. The zero-order valence-electron chi connectivity index (χ0n) is 16.3. The Morgan fingerprint density at radius 2 is 1.04 bits per heavy atom. The highest BCUT2D eigenvalue weighted by atomic mass is 16.6. The van der Waals surface area contributed by atoms with Crippen LogP contribution in [-0.2, 0) is 32.3 Å². The highest BCUT2D eigenvalue weighted by Crippen LogP contribution is 2.37. The molecule has 4 heteroatoms. The number of benzene rings is 2. The second-order valence-electron chi connectivity index (χ2n) is 7.47. The third-order valence-corrected chi connectivity index (χ3v) is 5.41. The summed E-state index contributed by atoms with van der Waals surface area (Å²) in [5.41, 5.74) is 0.633. The van der Waals surface area contributed by atoms with Crippen molar-refractivity contribution in [3.05, 3.63) is 71.8 Å². The molecule has 2 aromatic rings. The summed E-state index contributed by atoms with van der Waals surface area (Å²) in [5, 5.41) is 0. The molecule has 28 heavy (non-hydrogen) atoms. The van der Waals surface area contributed by atoms with Crippen LogP contribution >= 0.6 is 0 Å². The molecule has 4 nitrogen and oxygen atoms in total. The van der Waals surface area contributed by atoms with Gasteiger partial charge in [-0.15, -0.1) is 0 Å². The van der Waals surface area contributed by atoms with E-state index in [1.54, 1.807) is 0 Å². The standard InChI is InChI=1S/C24H28O4/c25-22(27-18-20-12-6-4-7-13-20)24(16-10-2-1-3-11-17-24)23(26)28-19-21-14-8-5-9-15-21/h4-9,12-15H,1-3,10-11,16-19H2. The van der Waals surface area contributed by atoms with E-state index < -0.39 is 17.4 Å². The highest BCUT2D eigenvalue weighted by molar-refractivity contribution is 6.00. The molecule has 0 unspecified atom stereocenters. The Morgan fingerprint density at radius 1 is 0.643 bits per heavy atom. The predicted molar refractivity (Wildman–Crippen MR) is 107 cm³/mol. The SMILES string of the molecule is O=C(OCc1ccccc1)C1(C(=O)OCc2ccccc2)CCCCCCC1. The highest BCUT2D eigenvalue weighted by Gasteiger charge is 2.48. The molecule has 3 rings (SSSR count). The van der Waals surface area contributed by atoms with E-state index in [9.17, 15) is 9.59 Å². The lowest BCUT2D eigenvalue weighted by molar-refractivity contribution is -0.176. The number of ether oxygens (including phenoxy) is 2. The summed E-state index contributed by atoms with van der Waals surface area (Å²) in [4.78, 5) is 26.2. The van der Waals surface area contributed by atoms with Crippen molar-refractivity contribution in [1.82, 2.24) is 0 Å². The van der Waals surface area contributed by atoms with Crippen LogP contribution in [0.25, 0.3) is 0 Å². The zero-order chi connectivity index (χ0) is 19.7. The Kier molecular flexibility index (Phi) is 7.24. The minimum atomic E-state index is -1.19. The van der Waals surface area contributed by atoms with E-state index in [-0.39, 0.29) is 13.2 Å². The zero-order valence-corrected chi connectivity index (χ0v) is 16.3. The molecule has 0 bridgehead atoms. The van der Waals surface area contributed by atoms with Gasteiger partial charge in [-0.2, -0.15) is 0 Å². The average molecular weight is 380 g/mol. The van der Waals surface area contributed by atoms with Gasteiger partial charge >= 0.3 is 11.9 Å². The van der Waals surface area contributed by atoms with Crippen LogP contribution in [0.5, 0.6) is 0 Å². The normalized spacial score (nSPS) is 16.4. The molecule has 0 saturated heterocycles. The summed E-state index contributed by atoms with van der Waals surface area (Å²) >= 11 is 0. The third kappa shape index (κ3) is 5.22. The van der Waals surface area contributed by atoms with Crippen molar-refractivity contribution in [2.75, 3.05) is 0 Å². The quantitative estimate of drug-likeness (QED) is 0.510. The fourth-order valence-corrected chi connectivity index (χ4v) is 3.72. The van der Waals surface area contributed by atoms with Crippen LogP contribution in [-0.4, -0.2) is 11.9 Å². The van der Waals surface area contributed by atoms with E-state index in [4.69, 9.17) is 9.47 Å². The van der Waals surface area contributed by atoms with Gasteiger partial charge in [-0.25, -0.2) is 0 Å². The van der Waals surface area contributed by atoms with Gasteiger partial charge in [-0.1, -0.05) is 92.8 Å². The van der Waals surface area contributed by atoms with E-state index in [2.05, 4.69) is 0 Å². The van der Waals surface area contributed by atoms with Gasteiger partial charge in [0.1, 0.15) is 13.2 Å². The van der Waals surface area contributed by atoms with Crippen molar-refractivity contribution in [2.45, 2.75) is 58.2 Å². The van der Waals surface area contributed by atoms with Crippen LogP contribution in [0, 0.1) is 5.41 Å². The van der Waals surface area contributed by atoms with E-state index in [1.807, 2.05) is 60.7 Å². The van der Waals surface area contributed by atoms with E-state index in [0.717, 1.165) is 43.2 Å². The molecule has 2 aromatic carbocycles. The van der Waals surface area contributed by atoms with Crippen LogP contribution in [0.3, 0.4) is 0 Å². The molecule has 0 atom stereocenters. The van der Waals surface area contributed by atoms with Gasteiger partial charge in [-0.3, -0.25) is 9.59 Å². The molecule has 0 heterocycles. The molecule has 0 aromatic heterocycles. The second kappa shape index (κ2) is 10.1. The van der Waals surface area contributed by atoms with Crippen LogP contribution in [0.4, 0.5) is 0 Å². The summed E-state index contributed by atoms with van der Waals surface area (Å²) in [5.74, 6) is -0.896. The minimum Gasteiger partial charge on any atom is -0.460 e. The molecule has 1 saturated carbocycles. The molecule has 1 aliphatic carbocycles. The van der Waals surface area contributed by atoms with Gasteiger partial charge in [0, 0.05) is 0 Å². The first-order valence-corrected chi connectivity index (χ1v) is 10.1. The number of esters is 2. The van der Waals surface area contributed by atoms with Gasteiger partial charge in [0.2, 0.25) is 0 Å². The van der Waals surface area contributed by atoms with Crippen LogP contribution in [0.15, 0.2) is 60.7 Å². The topological polar surface area (TPSA) is 52.6 Å². The molecular weight excluding hydrogens is 352 g/mol. The molecule has 148 valence electrons. The van der Waals surface area contributed by atoms with Crippen LogP contribution < -0.4 is 0 Å². The molecule has 0 spiro atoms. The lowest BCUT2D eigenvalue weighted by Gasteiger charge is -2.31. The predicted octanol–water partition coefficient (Wildman–Crippen LogP) is 5.20. The van der Waals surface area contributed by atoms with Crippen molar-refractivity contribution in [1.29, 1.82) is 0 Å². The third-order valence-electron chi connectivity index (χ3n) is 5.41. The Morgan fingerprint density at radius 3 is 1.46 bits per heavy atom. The maximum atomic E-state index is 13.1. The molecule has 0 N–H and O–H groups in total. The number of carbonyl (C=O) groups excluding carboxylic acids is 2. The average Bonchev–Trinajstić information content (AvgIpc) is 2.72. The molecule has 0 radical (unpaired) electrons. The first-order chi connectivity index (χ1) is 13.7. The van der Waals surface area contributed by atoms with Gasteiger partial charge < -0.3 is 9.47 Å². The Balaban J connectivity index is 1.71. The first-order valence-electron chi connectivity index (χ1n) is 10.1. The smallest absolute Gasteiger partial charge is 0.323 e. The van der Waals surface area contributed by atoms with Crippen molar-refractivity contribution in [3.8, 4) is 0 Å². The number of carbonyl (C=O) groups is 2. The van der Waals surface area contributed by atoms with E-state index in [0.29, 0.717) is 12.8 Å². The van der Waals surface area contributed by atoms with E-state index in [1.165, 1.54) is 0 Å². The lowest BCUT2D eigenvalue weighted by Crippen LogP contribution is -2.42. The van der Waals surface area contributed by atoms with Gasteiger partial charge in [-0.05, 0) is 24.0 Å². The Labute approximate surface area is 166 Å². The lowest BCUT2D eigenvalue weighted by atomic mass is 9.76.